The number of aromatic nitrogens is 2. The third-order valence-electron chi connectivity index (χ3n) is 3.33. The first-order chi connectivity index (χ1) is 10.0. The molecule has 0 bridgehead atoms. The summed E-state index contributed by atoms with van der Waals surface area (Å²) in [5, 5.41) is 0.527. The Morgan fingerprint density at radius 3 is 2.81 bits per heavy atom. The Bertz CT molecular complexity index is 884. The van der Waals surface area contributed by atoms with Crippen LogP contribution in [0.4, 0.5) is 5.69 Å². The van der Waals surface area contributed by atoms with Crippen molar-refractivity contribution < 1.29 is 4.74 Å². The van der Waals surface area contributed by atoms with E-state index in [0.717, 1.165) is 5.56 Å². The largest absolute Gasteiger partial charge is 0.457 e. The highest BCUT2D eigenvalue weighted by molar-refractivity contribution is 5.79. The summed E-state index contributed by atoms with van der Waals surface area (Å²) in [6.07, 6.45) is 1.51. The summed E-state index contributed by atoms with van der Waals surface area (Å²) in [4.78, 5) is 16.3. The van der Waals surface area contributed by atoms with Gasteiger partial charge in [0.1, 0.15) is 11.5 Å². The van der Waals surface area contributed by atoms with Crippen LogP contribution in [0.5, 0.6) is 11.5 Å². The van der Waals surface area contributed by atoms with Gasteiger partial charge in [-0.3, -0.25) is 4.79 Å². The maximum absolute atomic E-state index is 12.1. The fourth-order valence-electron chi connectivity index (χ4n) is 2.11. The van der Waals surface area contributed by atoms with Crippen LogP contribution >= 0.6 is 0 Å². The van der Waals surface area contributed by atoms with Gasteiger partial charge < -0.3 is 15.0 Å². The molecule has 21 heavy (non-hydrogen) atoms. The molecule has 0 aliphatic heterocycles. The van der Waals surface area contributed by atoms with Crippen molar-refractivity contribution in [2.45, 2.75) is 6.92 Å². The van der Waals surface area contributed by atoms with E-state index in [9.17, 15) is 4.79 Å². The Hall–Kier alpha value is -2.82. The lowest BCUT2D eigenvalue weighted by atomic mass is 10.2. The van der Waals surface area contributed by atoms with Crippen LogP contribution in [-0.4, -0.2) is 9.55 Å². The highest BCUT2D eigenvalue weighted by Crippen LogP contribution is 2.28. The zero-order valence-electron chi connectivity index (χ0n) is 11.8. The molecule has 3 rings (SSSR count). The van der Waals surface area contributed by atoms with E-state index in [4.69, 9.17) is 10.5 Å². The van der Waals surface area contributed by atoms with Gasteiger partial charge in [-0.15, -0.1) is 0 Å². The summed E-state index contributed by atoms with van der Waals surface area (Å²) in [5.41, 5.74) is 7.93. The Morgan fingerprint density at radius 2 is 2.00 bits per heavy atom. The molecule has 1 aromatic heterocycles. The summed E-state index contributed by atoms with van der Waals surface area (Å²) in [6.45, 7) is 1.94. The van der Waals surface area contributed by atoms with Gasteiger partial charge in [0.25, 0.3) is 5.56 Å². The number of hydrogen-bond acceptors (Lipinski definition) is 4. The van der Waals surface area contributed by atoms with Gasteiger partial charge in [0, 0.05) is 18.8 Å². The van der Waals surface area contributed by atoms with Crippen molar-refractivity contribution in [3.63, 3.8) is 0 Å². The highest BCUT2D eigenvalue weighted by Gasteiger charge is 2.06. The average molecular weight is 281 g/mol. The molecule has 1 heterocycles. The molecule has 5 heteroatoms. The lowest BCUT2D eigenvalue weighted by Gasteiger charge is -2.10. The Balaban J connectivity index is 2.07. The van der Waals surface area contributed by atoms with Crippen molar-refractivity contribution >= 4 is 16.6 Å². The molecule has 0 unspecified atom stereocenters. The van der Waals surface area contributed by atoms with Crippen LogP contribution in [0.25, 0.3) is 10.9 Å². The molecule has 0 aliphatic carbocycles. The minimum atomic E-state index is -0.102. The van der Waals surface area contributed by atoms with Gasteiger partial charge in [-0.2, -0.15) is 0 Å². The number of ether oxygens (including phenoxy) is 1. The maximum Gasteiger partial charge on any atom is 0.261 e. The molecule has 3 aromatic rings. The fraction of sp³-hybridized carbons (Fsp3) is 0.125. The third kappa shape index (κ3) is 2.45. The van der Waals surface area contributed by atoms with Crippen molar-refractivity contribution in [1.82, 2.24) is 9.55 Å². The number of benzene rings is 2. The first-order valence-corrected chi connectivity index (χ1v) is 6.54. The maximum atomic E-state index is 12.1. The van der Waals surface area contributed by atoms with E-state index in [1.165, 1.54) is 10.9 Å². The molecule has 5 nitrogen and oxygen atoms in total. The quantitative estimate of drug-likeness (QED) is 0.733. The standard InChI is InChI=1S/C16H15N3O2/c1-10-3-4-11(17)7-15(10)21-12-5-6-14-13(8-12)16(20)19(2)9-18-14/h3-9H,17H2,1-2H3. The van der Waals surface area contributed by atoms with Crippen LogP contribution in [0.15, 0.2) is 47.5 Å². The summed E-state index contributed by atoms with van der Waals surface area (Å²) in [5.74, 6) is 1.26. The number of aryl methyl sites for hydroxylation is 2. The Kier molecular flexibility index (Phi) is 3.10. The van der Waals surface area contributed by atoms with Crippen LogP contribution in [0.1, 0.15) is 5.56 Å². The smallest absolute Gasteiger partial charge is 0.261 e. The van der Waals surface area contributed by atoms with Gasteiger partial charge in [0.2, 0.25) is 0 Å². The number of rotatable bonds is 2. The van der Waals surface area contributed by atoms with Gasteiger partial charge in [-0.05, 0) is 36.8 Å². The second-order valence-electron chi connectivity index (χ2n) is 4.97. The van der Waals surface area contributed by atoms with Crippen LogP contribution in [0.2, 0.25) is 0 Å². The fourth-order valence-corrected chi connectivity index (χ4v) is 2.11. The SMILES string of the molecule is Cc1ccc(N)cc1Oc1ccc2ncn(C)c(=O)c2c1. The molecule has 0 spiro atoms. The highest BCUT2D eigenvalue weighted by atomic mass is 16.5. The zero-order valence-corrected chi connectivity index (χ0v) is 11.8. The molecule has 2 N–H and O–H groups in total. The van der Waals surface area contributed by atoms with Gasteiger partial charge in [-0.25, -0.2) is 4.98 Å². The summed E-state index contributed by atoms with van der Waals surface area (Å²) < 4.78 is 7.28. The van der Waals surface area contributed by atoms with E-state index in [2.05, 4.69) is 4.98 Å². The van der Waals surface area contributed by atoms with E-state index >= 15 is 0 Å². The van der Waals surface area contributed by atoms with Gasteiger partial charge in [0.05, 0.1) is 17.2 Å². The zero-order chi connectivity index (χ0) is 15.0. The molecule has 2 aromatic carbocycles. The van der Waals surface area contributed by atoms with E-state index in [-0.39, 0.29) is 5.56 Å². The van der Waals surface area contributed by atoms with Gasteiger partial charge >= 0.3 is 0 Å². The number of nitrogen functional groups attached to an aromatic ring is 1. The summed E-state index contributed by atoms with van der Waals surface area (Å²) >= 11 is 0. The number of nitrogens with zero attached hydrogens (tertiary/aromatic N) is 2. The lowest BCUT2D eigenvalue weighted by molar-refractivity contribution is 0.480. The predicted molar refractivity (Wildman–Crippen MR) is 82.6 cm³/mol. The summed E-state index contributed by atoms with van der Waals surface area (Å²) in [7, 11) is 1.67. The normalized spacial score (nSPS) is 10.8. The third-order valence-corrected chi connectivity index (χ3v) is 3.33. The second kappa shape index (κ2) is 4.94. The Labute approximate surface area is 121 Å². The van der Waals surface area contributed by atoms with Crippen molar-refractivity contribution in [1.29, 1.82) is 0 Å². The Morgan fingerprint density at radius 1 is 1.19 bits per heavy atom. The van der Waals surface area contributed by atoms with Gasteiger partial charge in [0.15, 0.2) is 0 Å². The topological polar surface area (TPSA) is 70.1 Å². The van der Waals surface area contributed by atoms with E-state index < -0.39 is 0 Å². The van der Waals surface area contributed by atoms with Crippen LogP contribution < -0.4 is 16.0 Å². The van der Waals surface area contributed by atoms with Crippen molar-refractivity contribution in [2.24, 2.45) is 7.05 Å². The number of nitrogens with two attached hydrogens (primary N) is 1. The van der Waals surface area contributed by atoms with Crippen LogP contribution in [0, 0.1) is 6.92 Å². The molecule has 0 saturated carbocycles. The monoisotopic (exact) mass is 281 g/mol. The van der Waals surface area contributed by atoms with Crippen LogP contribution in [0.3, 0.4) is 0 Å². The minimum absolute atomic E-state index is 0.102. The summed E-state index contributed by atoms with van der Waals surface area (Å²) in [6, 6.07) is 10.7. The number of anilines is 1. The van der Waals surface area contributed by atoms with Gasteiger partial charge in [-0.1, -0.05) is 6.07 Å². The molecule has 0 fully saturated rings. The molecule has 0 amide bonds. The van der Waals surface area contributed by atoms with E-state index in [1.54, 1.807) is 31.3 Å². The average Bonchev–Trinajstić information content (AvgIpc) is 2.47. The van der Waals surface area contributed by atoms with Crippen molar-refractivity contribution in [3.8, 4) is 11.5 Å². The molecule has 0 radical (unpaired) electrons. The molecular weight excluding hydrogens is 266 g/mol. The van der Waals surface area contributed by atoms with E-state index in [0.29, 0.717) is 28.1 Å². The van der Waals surface area contributed by atoms with Crippen molar-refractivity contribution in [3.05, 3.63) is 58.6 Å². The van der Waals surface area contributed by atoms with Crippen LogP contribution in [-0.2, 0) is 7.05 Å². The predicted octanol–water partition coefficient (Wildman–Crippen LogP) is 2.62. The molecule has 0 atom stereocenters. The number of hydrogen-bond donors (Lipinski definition) is 1. The lowest BCUT2D eigenvalue weighted by Crippen LogP contribution is -2.16. The van der Waals surface area contributed by atoms with Crippen molar-refractivity contribution in [2.75, 3.05) is 5.73 Å². The van der Waals surface area contributed by atoms with E-state index in [1.807, 2.05) is 19.1 Å². The second-order valence-corrected chi connectivity index (χ2v) is 4.97. The molecule has 106 valence electrons. The number of fused-ring (bicyclic) bond motifs is 1. The first kappa shape index (κ1) is 13.2. The molecule has 0 aliphatic rings. The molecule has 0 saturated heterocycles. The first-order valence-electron chi connectivity index (χ1n) is 6.54. The molecular formula is C16H15N3O2. The minimum Gasteiger partial charge on any atom is -0.457 e.